The summed E-state index contributed by atoms with van der Waals surface area (Å²) in [5, 5.41) is 13.1. The van der Waals surface area contributed by atoms with Gasteiger partial charge in [0, 0.05) is 41.2 Å². The van der Waals surface area contributed by atoms with Crippen molar-refractivity contribution in [3.63, 3.8) is 0 Å². The standard InChI is InChI=1S/C27H26F3N7O/c1-3-9-34-21-10-16(26(32)38)7-8-18(21)20-11-24(27(28,29)30)36-25-19(20)5-4-6-23(25)37-14-22(35-15-37)17(12-31)13-33-2/h4-8,10-15,31,33-34H,3,9H2,1-2H3,(H2,32,38)/p+1/b17-13+,31-12?. The molecule has 2 aromatic carbocycles. The number of amides is 1. The highest BCUT2D eigenvalue weighted by atomic mass is 19.4. The van der Waals surface area contributed by atoms with Crippen molar-refractivity contribution in [1.29, 1.82) is 5.41 Å². The van der Waals surface area contributed by atoms with Gasteiger partial charge in [-0.3, -0.25) is 4.79 Å². The number of hydrogen-bond acceptors (Lipinski definition) is 5. The number of anilines is 1. The SMILES string of the molecule is CCCNc1cc(C(N)=O)ccc1-c1cc(C(F)(F)F)nc2c(-n3cnc(/C(C=N)=C/[NH2+]C)c3)cccc12. The molecule has 38 heavy (non-hydrogen) atoms. The number of rotatable bonds is 9. The van der Waals surface area contributed by atoms with Gasteiger partial charge in [-0.1, -0.05) is 25.1 Å². The van der Waals surface area contributed by atoms with Crippen molar-refractivity contribution >= 4 is 34.3 Å². The molecule has 0 fully saturated rings. The van der Waals surface area contributed by atoms with Crippen LogP contribution in [0.2, 0.25) is 0 Å². The molecular weight excluding hydrogens is 495 g/mol. The maximum atomic E-state index is 14.1. The number of nitrogens with one attached hydrogen (secondary N) is 2. The summed E-state index contributed by atoms with van der Waals surface area (Å²) >= 11 is 0. The Morgan fingerprint density at radius 3 is 2.66 bits per heavy atom. The Morgan fingerprint density at radius 1 is 1.21 bits per heavy atom. The molecule has 2 heterocycles. The molecule has 0 aliphatic heterocycles. The van der Waals surface area contributed by atoms with E-state index < -0.39 is 17.8 Å². The lowest BCUT2D eigenvalue weighted by atomic mass is 9.96. The molecule has 6 N–H and O–H groups in total. The first-order valence-corrected chi connectivity index (χ1v) is 11.9. The molecule has 8 nitrogen and oxygen atoms in total. The van der Waals surface area contributed by atoms with Crippen LogP contribution in [0.5, 0.6) is 0 Å². The molecule has 0 aliphatic rings. The highest BCUT2D eigenvalue weighted by Gasteiger charge is 2.34. The minimum atomic E-state index is -4.70. The minimum Gasteiger partial charge on any atom is -0.385 e. The lowest BCUT2D eigenvalue weighted by Crippen LogP contribution is -2.72. The number of halogens is 3. The van der Waals surface area contributed by atoms with Gasteiger partial charge >= 0.3 is 6.18 Å². The van der Waals surface area contributed by atoms with E-state index in [0.29, 0.717) is 45.7 Å². The van der Waals surface area contributed by atoms with Crippen LogP contribution in [0.15, 0.2) is 61.2 Å². The first-order chi connectivity index (χ1) is 18.2. The summed E-state index contributed by atoms with van der Waals surface area (Å²) in [5.74, 6) is -0.635. The monoisotopic (exact) mass is 522 g/mol. The molecule has 4 aromatic rings. The zero-order valence-corrected chi connectivity index (χ0v) is 20.8. The van der Waals surface area contributed by atoms with Crippen molar-refractivity contribution in [2.45, 2.75) is 19.5 Å². The van der Waals surface area contributed by atoms with Gasteiger partial charge < -0.3 is 26.3 Å². The summed E-state index contributed by atoms with van der Waals surface area (Å²) in [7, 11) is 1.81. The van der Waals surface area contributed by atoms with E-state index in [4.69, 9.17) is 11.1 Å². The number of allylic oxidation sites excluding steroid dienone is 1. The van der Waals surface area contributed by atoms with Crippen molar-refractivity contribution in [3.05, 3.63) is 78.1 Å². The summed E-state index contributed by atoms with van der Waals surface area (Å²) in [6, 6.07) is 10.8. The van der Waals surface area contributed by atoms with Gasteiger partial charge in [-0.05, 0) is 36.2 Å². The van der Waals surface area contributed by atoms with E-state index in [-0.39, 0.29) is 11.1 Å². The smallest absolute Gasteiger partial charge is 0.385 e. The van der Waals surface area contributed by atoms with Crippen LogP contribution in [-0.2, 0) is 6.18 Å². The zero-order valence-electron chi connectivity index (χ0n) is 20.8. The van der Waals surface area contributed by atoms with Gasteiger partial charge in [0.1, 0.15) is 11.9 Å². The van der Waals surface area contributed by atoms with Crippen LogP contribution in [0.25, 0.3) is 33.3 Å². The first kappa shape index (κ1) is 26.6. The van der Waals surface area contributed by atoms with Crippen LogP contribution in [0.3, 0.4) is 0 Å². The summed E-state index contributed by atoms with van der Waals surface area (Å²) in [4.78, 5) is 20.2. The number of nitrogens with zero attached hydrogens (tertiary/aromatic N) is 3. The van der Waals surface area contributed by atoms with Gasteiger partial charge in [-0.15, -0.1) is 0 Å². The lowest BCUT2D eigenvalue weighted by molar-refractivity contribution is -0.555. The second-order valence-electron chi connectivity index (χ2n) is 8.54. The molecule has 0 atom stereocenters. The van der Waals surface area contributed by atoms with E-state index in [0.717, 1.165) is 18.7 Å². The Bertz CT molecular complexity index is 1540. The van der Waals surface area contributed by atoms with Gasteiger partial charge in [0.25, 0.3) is 0 Å². The number of primary amides is 1. The molecule has 0 radical (unpaired) electrons. The fourth-order valence-electron chi connectivity index (χ4n) is 4.14. The predicted octanol–water partition coefficient (Wildman–Crippen LogP) is 4.21. The normalized spacial score (nSPS) is 12.1. The molecular formula is C27H27F3N7O+. The van der Waals surface area contributed by atoms with E-state index in [1.807, 2.05) is 14.0 Å². The Balaban J connectivity index is 2.00. The van der Waals surface area contributed by atoms with Crippen LogP contribution < -0.4 is 16.4 Å². The number of hydrogen-bond donors (Lipinski definition) is 4. The molecule has 0 spiro atoms. The Hall–Kier alpha value is -4.51. The minimum absolute atomic E-state index is 0.129. The van der Waals surface area contributed by atoms with Gasteiger partial charge in [0.15, 0.2) is 0 Å². The molecule has 0 bridgehead atoms. The lowest BCUT2D eigenvalue weighted by Gasteiger charge is -2.18. The van der Waals surface area contributed by atoms with Gasteiger partial charge in [0.05, 0.1) is 35.8 Å². The number of aromatic nitrogens is 3. The summed E-state index contributed by atoms with van der Waals surface area (Å²) in [6.07, 6.45) is 2.07. The van der Waals surface area contributed by atoms with Crippen LogP contribution in [0.1, 0.15) is 35.1 Å². The highest BCUT2D eigenvalue weighted by molar-refractivity contribution is 6.07. The van der Waals surface area contributed by atoms with Crippen molar-refractivity contribution in [3.8, 4) is 16.8 Å². The van der Waals surface area contributed by atoms with Crippen LogP contribution >= 0.6 is 0 Å². The number of para-hydroxylation sites is 1. The topological polar surface area (TPSA) is 126 Å². The third-order valence-electron chi connectivity index (χ3n) is 5.93. The first-order valence-electron chi connectivity index (χ1n) is 11.9. The average Bonchev–Trinajstić information content (AvgIpc) is 3.38. The molecule has 0 unspecified atom stereocenters. The van der Waals surface area contributed by atoms with Gasteiger partial charge in [-0.2, -0.15) is 13.2 Å². The van der Waals surface area contributed by atoms with Gasteiger partial charge in [-0.25, -0.2) is 9.97 Å². The predicted molar refractivity (Wildman–Crippen MR) is 141 cm³/mol. The number of benzene rings is 2. The molecule has 0 aliphatic carbocycles. The molecule has 196 valence electrons. The summed E-state index contributed by atoms with van der Waals surface area (Å²) in [6.45, 7) is 2.50. The molecule has 2 aromatic heterocycles. The quantitative estimate of drug-likeness (QED) is 0.246. The third-order valence-corrected chi connectivity index (χ3v) is 5.93. The molecule has 4 rings (SSSR count). The van der Waals surface area contributed by atoms with Crippen molar-refractivity contribution in [1.82, 2.24) is 14.5 Å². The van der Waals surface area contributed by atoms with Gasteiger partial charge in [0.2, 0.25) is 5.91 Å². The van der Waals surface area contributed by atoms with E-state index >= 15 is 0 Å². The van der Waals surface area contributed by atoms with Crippen molar-refractivity contribution < 1.29 is 23.3 Å². The number of imidazole rings is 1. The van der Waals surface area contributed by atoms with Crippen LogP contribution in [0, 0.1) is 5.41 Å². The summed E-state index contributed by atoms with van der Waals surface area (Å²) in [5.41, 5.74) is 7.51. The van der Waals surface area contributed by atoms with E-state index in [9.17, 15) is 18.0 Å². The number of pyridine rings is 1. The molecule has 11 heteroatoms. The van der Waals surface area contributed by atoms with E-state index in [1.165, 1.54) is 12.4 Å². The fraction of sp³-hybridized carbons (Fsp3) is 0.185. The van der Waals surface area contributed by atoms with Crippen LogP contribution in [0.4, 0.5) is 18.9 Å². The summed E-state index contributed by atoms with van der Waals surface area (Å²) < 4.78 is 43.8. The second-order valence-corrected chi connectivity index (χ2v) is 8.54. The third kappa shape index (κ3) is 5.28. The zero-order chi connectivity index (χ0) is 27.4. The molecule has 1 amide bonds. The molecule has 0 saturated carbocycles. The number of quaternary nitrogens is 1. The maximum Gasteiger partial charge on any atom is 0.433 e. The maximum absolute atomic E-state index is 14.1. The van der Waals surface area contributed by atoms with E-state index in [2.05, 4.69) is 15.3 Å². The Labute approximate surface area is 216 Å². The largest absolute Gasteiger partial charge is 0.433 e. The number of fused-ring (bicyclic) bond motifs is 1. The highest BCUT2D eigenvalue weighted by Crippen LogP contribution is 2.39. The number of carbonyl (C=O) groups excluding carboxylic acids is 1. The second kappa shape index (κ2) is 10.9. The molecule has 0 saturated heterocycles. The number of alkyl halides is 3. The Kier molecular flexibility index (Phi) is 7.58. The van der Waals surface area contributed by atoms with E-state index in [1.54, 1.807) is 52.6 Å². The number of nitrogens with two attached hydrogens (primary N) is 2. The number of carbonyl (C=O) groups is 1. The fourth-order valence-corrected chi connectivity index (χ4v) is 4.14. The average molecular weight is 523 g/mol. The van der Waals surface area contributed by atoms with Crippen molar-refractivity contribution in [2.75, 3.05) is 18.9 Å². The Morgan fingerprint density at radius 2 is 2.00 bits per heavy atom. The van der Waals surface area contributed by atoms with Crippen molar-refractivity contribution in [2.24, 2.45) is 5.73 Å². The van der Waals surface area contributed by atoms with Crippen LogP contribution in [-0.4, -0.2) is 40.2 Å².